The summed E-state index contributed by atoms with van der Waals surface area (Å²) < 4.78 is 30.5. The van der Waals surface area contributed by atoms with Gasteiger partial charge in [-0.15, -0.1) is 0 Å². The molecule has 0 amide bonds. The summed E-state index contributed by atoms with van der Waals surface area (Å²) in [5.74, 6) is -0.0411. The van der Waals surface area contributed by atoms with E-state index in [-0.39, 0.29) is 24.0 Å². The van der Waals surface area contributed by atoms with Crippen LogP contribution >= 0.6 is 0 Å². The van der Waals surface area contributed by atoms with Crippen molar-refractivity contribution in [3.63, 3.8) is 0 Å². The van der Waals surface area contributed by atoms with Gasteiger partial charge in [0.15, 0.2) is 0 Å². The van der Waals surface area contributed by atoms with E-state index < -0.39 is 5.41 Å². The molecule has 0 heterocycles. The van der Waals surface area contributed by atoms with Gasteiger partial charge in [0.1, 0.15) is 0 Å². The Morgan fingerprint density at radius 2 is 1.25 bits per heavy atom. The van der Waals surface area contributed by atoms with Gasteiger partial charge in [0.2, 0.25) is 0 Å². The average Bonchev–Trinajstić information content (AvgIpc) is 3.71. The van der Waals surface area contributed by atoms with Gasteiger partial charge in [-0.3, -0.25) is 0 Å². The second kappa shape index (κ2) is 16.7. The molecule has 0 saturated carbocycles. The first-order valence-corrected chi connectivity index (χ1v) is 22.1. The Morgan fingerprint density at radius 1 is 0.578 bits per heavy atom. The first-order chi connectivity index (χ1) is 32.9. The summed E-state index contributed by atoms with van der Waals surface area (Å²) in [6, 6.07) is 65.5. The highest BCUT2D eigenvalue weighted by Crippen LogP contribution is 2.59. The molecule has 2 atom stereocenters. The van der Waals surface area contributed by atoms with Crippen LogP contribution in [-0.4, -0.2) is 0 Å². The predicted octanol–water partition coefficient (Wildman–Crippen LogP) is 16.9. The normalized spacial score (nSPS) is 17.1. The third-order valence-electron chi connectivity index (χ3n) is 13.0. The highest BCUT2D eigenvalue weighted by molar-refractivity contribution is 6.13. The highest BCUT2D eigenvalue weighted by atomic mass is 15.1. The fraction of sp³-hybridized carbons (Fsp3) is 0.0476. The van der Waals surface area contributed by atoms with E-state index in [0.717, 1.165) is 67.9 Å². The molecule has 0 N–H and O–H groups in total. The van der Waals surface area contributed by atoms with Crippen LogP contribution in [0, 0.1) is 5.92 Å². The average molecular weight is 821 g/mol. The van der Waals surface area contributed by atoms with E-state index in [9.17, 15) is 4.11 Å². The molecule has 0 fully saturated rings. The Bertz CT molecular complexity index is 3470. The van der Waals surface area contributed by atoms with Gasteiger partial charge in [-0.1, -0.05) is 219 Å². The first-order valence-electron chi connectivity index (χ1n) is 23.6. The lowest BCUT2D eigenvalue weighted by molar-refractivity contribution is 0.457. The van der Waals surface area contributed by atoms with Crippen molar-refractivity contribution in [2.24, 2.45) is 5.92 Å². The second-order valence-corrected chi connectivity index (χ2v) is 16.6. The van der Waals surface area contributed by atoms with Crippen LogP contribution < -0.4 is 4.90 Å². The van der Waals surface area contributed by atoms with Crippen molar-refractivity contribution in [2.75, 3.05) is 4.90 Å². The zero-order chi connectivity index (χ0) is 45.5. The smallest absolute Gasteiger partial charge is 0.0649 e. The quantitative estimate of drug-likeness (QED) is 0.0981. The molecule has 2 unspecified atom stereocenters. The number of rotatable bonds is 10. The van der Waals surface area contributed by atoms with Crippen LogP contribution in [0.5, 0.6) is 0 Å². The number of nitrogens with zero attached hydrogens (tertiary/aromatic N) is 1. The largest absolute Gasteiger partial charge is 0.310 e. The van der Waals surface area contributed by atoms with Crippen LogP contribution in [0.3, 0.4) is 0 Å². The van der Waals surface area contributed by atoms with Gasteiger partial charge in [-0.25, -0.2) is 0 Å². The van der Waals surface area contributed by atoms with Crippen molar-refractivity contribution < 1.29 is 4.11 Å². The van der Waals surface area contributed by atoms with E-state index in [4.69, 9.17) is 0 Å². The molecule has 0 radical (unpaired) electrons. The van der Waals surface area contributed by atoms with E-state index in [0.29, 0.717) is 11.3 Å². The van der Waals surface area contributed by atoms with Crippen molar-refractivity contribution in [2.45, 2.75) is 11.8 Å². The molecular weight excluding hydrogens is 771 g/mol. The molecule has 0 spiro atoms. The number of hydrogen-bond acceptors (Lipinski definition) is 1. The number of benzene rings is 9. The van der Waals surface area contributed by atoms with E-state index in [1.807, 2.05) is 65.6 Å². The summed E-state index contributed by atoms with van der Waals surface area (Å²) in [5.41, 5.74) is 10.7. The van der Waals surface area contributed by atoms with Gasteiger partial charge in [-0.05, 0) is 132 Å². The third kappa shape index (κ3) is 6.83. The SMILES string of the molecule is [2H]c1c([2H])c(N(c2ccc(C(=C)/C=C\C=C\c3ccccc3)cc2)c2ccc(-c3cc4ccccc4c4ccccc34)cc2)c([2H])c2c1-c1ccccc1C2(c1ccccc1)C1C=CC=CC1. The van der Waals surface area contributed by atoms with Crippen LogP contribution in [0.2, 0.25) is 0 Å². The van der Waals surface area contributed by atoms with Crippen molar-refractivity contribution >= 4 is 50.3 Å². The monoisotopic (exact) mass is 820 g/mol. The minimum atomic E-state index is -0.792. The highest BCUT2D eigenvalue weighted by Gasteiger charge is 2.49. The molecule has 304 valence electrons. The van der Waals surface area contributed by atoms with Crippen molar-refractivity contribution in [3.8, 4) is 22.3 Å². The Kier molecular flexibility index (Phi) is 9.28. The predicted molar refractivity (Wildman–Crippen MR) is 273 cm³/mol. The molecule has 11 rings (SSSR count). The molecule has 1 heteroatoms. The zero-order valence-electron chi connectivity index (χ0n) is 38.5. The molecule has 9 aromatic carbocycles. The summed E-state index contributed by atoms with van der Waals surface area (Å²) in [4.78, 5) is 2.02. The van der Waals surface area contributed by atoms with Gasteiger partial charge in [0, 0.05) is 17.1 Å². The summed E-state index contributed by atoms with van der Waals surface area (Å²) in [6.07, 6.45) is 17.5. The zero-order valence-corrected chi connectivity index (χ0v) is 35.5. The molecule has 2 aliphatic rings. The standard InChI is InChI=1S/C63H47N/c1-45(19-11-12-22-46-20-5-2-6-21-46)47-33-37-52(38-34-47)64(53-39-35-48(36-40-53)60-43-49-23-13-14-28-55(49)56-29-15-16-30-57(56)60)54-41-42-59-58-31-17-18-32-61(58)63(62(59)44-54,50-24-7-3-8-25-50)51-26-9-4-10-27-51/h2-26,28-44,51H,1,27H2/b19-11-,22-12+/i41D,42D,44D. The Hall–Kier alpha value is -8.00. The number of fused-ring (bicyclic) bond motifs is 6. The van der Waals surface area contributed by atoms with Crippen molar-refractivity contribution in [1.29, 1.82) is 0 Å². The van der Waals surface area contributed by atoms with E-state index in [1.165, 1.54) is 21.5 Å². The lowest BCUT2D eigenvalue weighted by Crippen LogP contribution is -2.35. The van der Waals surface area contributed by atoms with Crippen molar-refractivity contribution in [1.82, 2.24) is 0 Å². The van der Waals surface area contributed by atoms with E-state index in [2.05, 4.69) is 183 Å². The second-order valence-electron chi connectivity index (χ2n) is 16.6. The number of allylic oxidation sites excluding steroid dienone is 8. The maximum Gasteiger partial charge on any atom is 0.0649 e. The molecule has 1 nitrogen and oxygen atoms in total. The number of hydrogen-bond donors (Lipinski definition) is 0. The Morgan fingerprint density at radius 3 is 2.02 bits per heavy atom. The van der Waals surface area contributed by atoms with Crippen LogP contribution in [-0.2, 0) is 5.41 Å². The third-order valence-corrected chi connectivity index (χ3v) is 13.0. The van der Waals surface area contributed by atoms with Crippen LogP contribution in [0.1, 0.15) is 38.4 Å². The summed E-state index contributed by atoms with van der Waals surface area (Å²) in [5, 5.41) is 4.77. The molecule has 0 aliphatic heterocycles. The summed E-state index contributed by atoms with van der Waals surface area (Å²) in [6.45, 7) is 4.40. The van der Waals surface area contributed by atoms with Gasteiger partial charge >= 0.3 is 0 Å². The Labute approximate surface area is 380 Å². The Balaban J connectivity index is 1.09. The fourth-order valence-electron chi connectivity index (χ4n) is 10.0. The maximum absolute atomic E-state index is 10.6. The minimum absolute atomic E-state index is 0.00715. The molecule has 2 aliphatic carbocycles. The number of anilines is 3. The first kappa shape index (κ1) is 35.6. The van der Waals surface area contributed by atoms with Crippen molar-refractivity contribution in [3.05, 3.63) is 283 Å². The van der Waals surface area contributed by atoms with Crippen LogP contribution in [0.4, 0.5) is 17.1 Å². The lowest BCUT2D eigenvalue weighted by Gasteiger charge is -2.40. The molecule has 0 saturated heterocycles. The van der Waals surface area contributed by atoms with Crippen LogP contribution in [0.15, 0.2) is 255 Å². The van der Waals surface area contributed by atoms with Gasteiger partial charge < -0.3 is 4.90 Å². The van der Waals surface area contributed by atoms with Gasteiger partial charge in [-0.2, -0.15) is 0 Å². The molecule has 0 aromatic heterocycles. The summed E-state index contributed by atoms with van der Waals surface area (Å²) in [7, 11) is 0. The van der Waals surface area contributed by atoms with Gasteiger partial charge in [0.05, 0.1) is 9.53 Å². The lowest BCUT2D eigenvalue weighted by atomic mass is 9.62. The van der Waals surface area contributed by atoms with E-state index in [1.54, 1.807) is 0 Å². The molecule has 64 heavy (non-hydrogen) atoms. The minimum Gasteiger partial charge on any atom is -0.310 e. The van der Waals surface area contributed by atoms with Gasteiger partial charge in [0.25, 0.3) is 0 Å². The molecular formula is C63H47N. The molecule has 9 aromatic rings. The summed E-state index contributed by atoms with van der Waals surface area (Å²) >= 11 is 0. The van der Waals surface area contributed by atoms with E-state index >= 15 is 0 Å². The van der Waals surface area contributed by atoms with Crippen LogP contribution in [0.25, 0.3) is 55.4 Å². The topological polar surface area (TPSA) is 3.24 Å². The maximum atomic E-state index is 10.6. The fourth-order valence-corrected chi connectivity index (χ4v) is 10.0. The molecule has 0 bridgehead atoms.